The number of nitrogens with one attached hydrogen (secondary N) is 4. The molecule has 1 aliphatic carbocycles. The third-order valence-corrected chi connectivity index (χ3v) is 6.30. The number of halogens is 6. The van der Waals surface area contributed by atoms with Crippen LogP contribution in [0.5, 0.6) is 0 Å². The monoisotopic (exact) mass is 447 g/mol. The first-order valence-electron chi connectivity index (χ1n) is 10.1. The van der Waals surface area contributed by atoms with E-state index in [1.54, 1.807) is 0 Å². The lowest BCUT2D eigenvalue weighted by Crippen LogP contribution is -2.68. The van der Waals surface area contributed by atoms with Gasteiger partial charge in [-0.15, -0.1) is 0 Å². The van der Waals surface area contributed by atoms with Gasteiger partial charge in [-0.3, -0.25) is 9.69 Å². The van der Waals surface area contributed by atoms with Gasteiger partial charge in [-0.1, -0.05) is 12.8 Å². The van der Waals surface area contributed by atoms with E-state index in [4.69, 9.17) is 0 Å². The van der Waals surface area contributed by atoms with Gasteiger partial charge in [-0.05, 0) is 25.7 Å². The molecule has 0 spiro atoms. The van der Waals surface area contributed by atoms with Crippen LogP contribution in [0.3, 0.4) is 0 Å². The van der Waals surface area contributed by atoms with E-state index >= 15 is 0 Å². The summed E-state index contributed by atoms with van der Waals surface area (Å²) in [6.07, 6.45) is -10.9. The summed E-state index contributed by atoms with van der Waals surface area (Å²) in [5, 5.41) is 15.3. The van der Waals surface area contributed by atoms with Gasteiger partial charge in [0.2, 0.25) is 5.91 Å². The summed E-state index contributed by atoms with van der Waals surface area (Å²) in [6, 6.07) is -2.22. The smallest absolute Gasteiger partial charge is 0.373 e. The zero-order valence-corrected chi connectivity index (χ0v) is 16.2. The van der Waals surface area contributed by atoms with Crippen LogP contribution in [0.1, 0.15) is 38.5 Å². The van der Waals surface area contributed by atoms with Crippen LogP contribution in [0.2, 0.25) is 0 Å². The van der Waals surface area contributed by atoms with Gasteiger partial charge in [-0.2, -0.15) is 26.3 Å². The van der Waals surface area contributed by atoms with E-state index in [1.165, 1.54) is 0 Å². The predicted molar refractivity (Wildman–Crippen MR) is 93.6 cm³/mol. The molecule has 3 fully saturated rings. The lowest BCUT2D eigenvalue weighted by molar-refractivity contribution is -0.388. The molecular formula is C17H27F6N5O2. The fourth-order valence-corrected chi connectivity index (χ4v) is 4.59. The van der Waals surface area contributed by atoms with E-state index < -0.39 is 48.3 Å². The maximum atomic E-state index is 13.3. The normalized spacial score (nSPS) is 32.2. The second-order valence-corrected chi connectivity index (χ2v) is 8.17. The molecule has 3 rings (SSSR count). The summed E-state index contributed by atoms with van der Waals surface area (Å²) >= 11 is 0. The first-order chi connectivity index (χ1) is 13.9. The highest BCUT2D eigenvalue weighted by Gasteiger charge is 2.74. The van der Waals surface area contributed by atoms with Crippen LogP contribution < -0.4 is 21.5 Å². The quantitative estimate of drug-likeness (QED) is 0.413. The molecule has 2 heterocycles. The number of hydrogen-bond donors (Lipinski definition) is 5. The highest BCUT2D eigenvalue weighted by atomic mass is 19.4. The van der Waals surface area contributed by atoms with Crippen molar-refractivity contribution in [1.29, 1.82) is 0 Å². The van der Waals surface area contributed by atoms with Crippen LogP contribution in [-0.4, -0.2) is 71.9 Å². The van der Waals surface area contributed by atoms with Crippen molar-refractivity contribution in [2.24, 2.45) is 5.92 Å². The number of rotatable bonds is 4. The fraction of sp³-hybridized carbons (Fsp3) is 0.941. The Morgan fingerprint density at radius 2 is 1.63 bits per heavy atom. The van der Waals surface area contributed by atoms with Crippen molar-refractivity contribution in [3.05, 3.63) is 0 Å². The number of nitrogens with zero attached hydrogens (tertiary/aromatic N) is 1. The average molecular weight is 447 g/mol. The summed E-state index contributed by atoms with van der Waals surface area (Å²) in [5.41, 5.74) is 0.925. The molecule has 0 aromatic heterocycles. The Morgan fingerprint density at radius 1 is 0.967 bits per heavy atom. The zero-order chi connectivity index (χ0) is 22.2. The molecule has 0 radical (unpaired) electrons. The third kappa shape index (κ3) is 4.54. The van der Waals surface area contributed by atoms with Gasteiger partial charge in [0.05, 0.1) is 6.17 Å². The van der Waals surface area contributed by atoms with Crippen molar-refractivity contribution in [3.63, 3.8) is 0 Å². The highest BCUT2D eigenvalue weighted by Crippen LogP contribution is 2.51. The summed E-state index contributed by atoms with van der Waals surface area (Å²) in [4.78, 5) is 14.7. The minimum atomic E-state index is -5.90. The van der Waals surface area contributed by atoms with Crippen LogP contribution in [-0.2, 0) is 4.79 Å². The molecular weight excluding hydrogens is 420 g/mol. The first-order valence-corrected chi connectivity index (χ1v) is 10.1. The molecule has 13 heteroatoms. The van der Waals surface area contributed by atoms with Crippen molar-refractivity contribution in [1.82, 2.24) is 26.4 Å². The first kappa shape index (κ1) is 23.5. The number of amides is 1. The third-order valence-electron chi connectivity index (χ3n) is 6.30. The van der Waals surface area contributed by atoms with Gasteiger partial charge in [0.25, 0.3) is 5.60 Å². The Bertz CT molecular complexity index is 588. The van der Waals surface area contributed by atoms with Crippen molar-refractivity contribution in [3.8, 4) is 0 Å². The number of carbonyl (C=O) groups excluding carboxylic acids is 1. The molecule has 2 aliphatic heterocycles. The molecule has 5 N–H and O–H groups in total. The maximum Gasteiger partial charge on any atom is 0.426 e. The zero-order valence-electron chi connectivity index (χ0n) is 16.2. The van der Waals surface area contributed by atoms with Gasteiger partial charge in [0.15, 0.2) is 0 Å². The standard InChI is InChI=1S/C17H27F6N5O2/c18-16(19,20)15(30,17(21,22)23)10-3-1-2-4-11(10)25-14(29)12-5-6-13(27-26-12)28-8-7-24-9-28/h10-13,24,26-27,30H,1-9H2,(H,25,29). The van der Waals surface area contributed by atoms with Crippen molar-refractivity contribution in [2.75, 3.05) is 19.8 Å². The lowest BCUT2D eigenvalue weighted by atomic mass is 9.72. The van der Waals surface area contributed by atoms with E-state index in [2.05, 4.69) is 26.4 Å². The van der Waals surface area contributed by atoms with Crippen molar-refractivity contribution < 1.29 is 36.2 Å². The van der Waals surface area contributed by atoms with Crippen LogP contribution in [0.15, 0.2) is 0 Å². The summed E-state index contributed by atoms with van der Waals surface area (Å²) in [5.74, 6) is -2.88. The Morgan fingerprint density at radius 3 is 2.17 bits per heavy atom. The largest absolute Gasteiger partial charge is 0.426 e. The average Bonchev–Trinajstić information content (AvgIpc) is 3.21. The molecule has 174 valence electrons. The fourth-order valence-electron chi connectivity index (χ4n) is 4.59. The molecule has 1 saturated carbocycles. The Kier molecular flexibility index (Phi) is 6.87. The van der Waals surface area contributed by atoms with Crippen LogP contribution >= 0.6 is 0 Å². The topological polar surface area (TPSA) is 88.7 Å². The molecule has 3 aliphatic rings. The van der Waals surface area contributed by atoms with E-state index in [-0.39, 0.29) is 19.0 Å². The van der Waals surface area contributed by atoms with Crippen LogP contribution in [0, 0.1) is 5.92 Å². The van der Waals surface area contributed by atoms with Gasteiger partial charge in [0, 0.05) is 31.7 Å². The summed E-state index contributed by atoms with van der Waals surface area (Å²) in [6.45, 7) is 2.35. The van der Waals surface area contributed by atoms with Gasteiger partial charge in [0.1, 0.15) is 6.04 Å². The van der Waals surface area contributed by atoms with E-state index in [9.17, 15) is 36.2 Å². The minimum absolute atomic E-state index is 0.0213. The van der Waals surface area contributed by atoms with Crippen molar-refractivity contribution >= 4 is 5.91 Å². The molecule has 2 saturated heterocycles. The molecule has 0 aromatic carbocycles. The number of alkyl halides is 6. The second-order valence-electron chi connectivity index (χ2n) is 8.17. The molecule has 7 nitrogen and oxygen atoms in total. The van der Waals surface area contributed by atoms with Gasteiger partial charge >= 0.3 is 12.4 Å². The maximum absolute atomic E-state index is 13.3. The van der Waals surface area contributed by atoms with Crippen molar-refractivity contribution in [2.45, 2.75) is 74.7 Å². The Hall–Kier alpha value is -1.15. The van der Waals surface area contributed by atoms with Crippen LogP contribution in [0.4, 0.5) is 26.3 Å². The molecule has 4 unspecified atom stereocenters. The van der Waals surface area contributed by atoms with Gasteiger partial charge in [-0.25, -0.2) is 10.9 Å². The van der Waals surface area contributed by atoms with Gasteiger partial charge < -0.3 is 15.7 Å². The SMILES string of the molecule is O=C(NC1CCCCC1C(O)(C(F)(F)F)C(F)(F)F)C1CCC(N2CCNC2)NN1. The number of hydrazine groups is 1. The predicted octanol–water partition coefficient (Wildman–Crippen LogP) is 0.962. The van der Waals surface area contributed by atoms with Crippen LogP contribution in [0.25, 0.3) is 0 Å². The van der Waals surface area contributed by atoms with E-state index in [0.717, 1.165) is 13.1 Å². The Labute approximate surface area is 169 Å². The van der Waals surface area contributed by atoms with E-state index in [0.29, 0.717) is 25.9 Å². The lowest BCUT2D eigenvalue weighted by Gasteiger charge is -2.45. The molecule has 0 aromatic rings. The molecule has 30 heavy (non-hydrogen) atoms. The number of carbonyl (C=O) groups is 1. The molecule has 1 amide bonds. The Balaban J connectivity index is 1.66. The minimum Gasteiger partial charge on any atom is -0.373 e. The highest BCUT2D eigenvalue weighted by molar-refractivity contribution is 5.82. The second kappa shape index (κ2) is 8.77. The van der Waals surface area contributed by atoms with E-state index in [1.807, 2.05) is 0 Å². The number of aliphatic hydroxyl groups is 1. The number of hydrogen-bond acceptors (Lipinski definition) is 6. The summed E-state index contributed by atoms with van der Waals surface area (Å²) in [7, 11) is 0. The summed E-state index contributed by atoms with van der Waals surface area (Å²) < 4.78 is 80.0. The molecule has 0 bridgehead atoms. The molecule has 4 atom stereocenters.